The lowest BCUT2D eigenvalue weighted by Crippen LogP contribution is -2.42. The summed E-state index contributed by atoms with van der Waals surface area (Å²) >= 11 is 5.89. The van der Waals surface area contributed by atoms with Crippen molar-refractivity contribution < 1.29 is 9.59 Å². The molecule has 1 aromatic carbocycles. The predicted molar refractivity (Wildman–Crippen MR) is 124 cm³/mol. The van der Waals surface area contributed by atoms with Crippen LogP contribution < -0.4 is 10.9 Å². The maximum absolute atomic E-state index is 13.1. The van der Waals surface area contributed by atoms with E-state index in [9.17, 15) is 9.59 Å². The van der Waals surface area contributed by atoms with Crippen LogP contribution in [0.1, 0.15) is 46.1 Å². The van der Waals surface area contributed by atoms with Crippen LogP contribution in [-0.2, 0) is 11.2 Å². The largest absolute Gasteiger partial charge is 0.273 e. The van der Waals surface area contributed by atoms with E-state index >= 15 is 0 Å². The molecular formula is C24H21ClN6O2. The molecular weight excluding hydrogens is 440 g/mol. The second kappa shape index (κ2) is 8.63. The number of amides is 2. The molecule has 8 nitrogen and oxygen atoms in total. The van der Waals surface area contributed by atoms with Gasteiger partial charge in [0.1, 0.15) is 0 Å². The van der Waals surface area contributed by atoms with Crippen LogP contribution in [0.2, 0.25) is 5.02 Å². The molecule has 5 rings (SSSR count). The standard InChI is InChI=1S/C24H21ClN6O2/c1-14-22-18(24(33)29-28-21(32)12-15-5-9-17(25)10-6-15)13-19(16-7-8-16)27-23(22)31(30-14)20-4-2-3-11-26-20/h2-6,9-11,13,16H,7-8,12H2,1H3,(H,28,32)(H,29,33). The summed E-state index contributed by atoms with van der Waals surface area (Å²) in [6.45, 7) is 1.83. The molecule has 0 atom stereocenters. The summed E-state index contributed by atoms with van der Waals surface area (Å²) in [6, 6.07) is 14.3. The summed E-state index contributed by atoms with van der Waals surface area (Å²) in [4.78, 5) is 34.7. The first-order chi connectivity index (χ1) is 16.0. The smallest absolute Gasteiger partial charge is 0.270 e. The van der Waals surface area contributed by atoms with E-state index in [2.05, 4.69) is 20.9 Å². The van der Waals surface area contributed by atoms with Gasteiger partial charge >= 0.3 is 0 Å². The highest BCUT2D eigenvalue weighted by atomic mass is 35.5. The minimum Gasteiger partial charge on any atom is -0.273 e. The van der Waals surface area contributed by atoms with Crippen molar-refractivity contribution in [3.63, 3.8) is 0 Å². The Morgan fingerprint density at radius 2 is 1.91 bits per heavy atom. The molecule has 166 valence electrons. The molecule has 0 saturated heterocycles. The minimum absolute atomic E-state index is 0.118. The number of hydrazine groups is 1. The molecule has 0 unspecified atom stereocenters. The van der Waals surface area contributed by atoms with Gasteiger partial charge in [-0.3, -0.25) is 20.4 Å². The van der Waals surface area contributed by atoms with Gasteiger partial charge in [-0.2, -0.15) is 9.78 Å². The molecule has 0 aliphatic heterocycles. The van der Waals surface area contributed by atoms with Crippen molar-refractivity contribution in [3.8, 4) is 5.82 Å². The lowest BCUT2D eigenvalue weighted by atomic mass is 10.1. The number of nitrogens with zero attached hydrogens (tertiary/aromatic N) is 4. The Labute approximate surface area is 195 Å². The maximum atomic E-state index is 13.1. The van der Waals surface area contributed by atoms with Crippen LogP contribution in [0.25, 0.3) is 16.9 Å². The zero-order valence-electron chi connectivity index (χ0n) is 17.9. The summed E-state index contributed by atoms with van der Waals surface area (Å²) in [7, 11) is 0. The number of rotatable bonds is 5. The van der Waals surface area contributed by atoms with Crippen molar-refractivity contribution in [2.24, 2.45) is 0 Å². The van der Waals surface area contributed by atoms with E-state index in [0.717, 1.165) is 24.1 Å². The second-order valence-corrected chi connectivity index (χ2v) is 8.49. The quantitative estimate of drug-likeness (QED) is 0.442. The fourth-order valence-corrected chi connectivity index (χ4v) is 3.87. The van der Waals surface area contributed by atoms with E-state index in [4.69, 9.17) is 16.6 Å². The first-order valence-corrected chi connectivity index (χ1v) is 11.0. The van der Waals surface area contributed by atoms with Crippen molar-refractivity contribution in [2.75, 3.05) is 0 Å². The minimum atomic E-state index is -0.419. The molecule has 2 amide bonds. The van der Waals surface area contributed by atoms with Crippen molar-refractivity contribution in [2.45, 2.75) is 32.1 Å². The number of hydrogen-bond acceptors (Lipinski definition) is 5. The van der Waals surface area contributed by atoms with Crippen LogP contribution in [0, 0.1) is 6.92 Å². The van der Waals surface area contributed by atoms with Gasteiger partial charge in [0.05, 0.1) is 23.1 Å². The molecule has 0 spiro atoms. The summed E-state index contributed by atoms with van der Waals surface area (Å²) in [5.74, 6) is 0.197. The number of carbonyl (C=O) groups is 2. The molecule has 3 aromatic heterocycles. The van der Waals surface area contributed by atoms with Crippen LogP contribution >= 0.6 is 11.6 Å². The zero-order chi connectivity index (χ0) is 22.9. The number of hydrogen-bond donors (Lipinski definition) is 2. The Kier molecular flexibility index (Phi) is 5.51. The highest BCUT2D eigenvalue weighted by Crippen LogP contribution is 2.40. The number of aromatic nitrogens is 4. The van der Waals surface area contributed by atoms with Gasteiger partial charge in [-0.05, 0) is 55.7 Å². The molecule has 1 aliphatic carbocycles. The van der Waals surface area contributed by atoms with E-state index in [-0.39, 0.29) is 12.3 Å². The molecule has 9 heteroatoms. The Bertz CT molecular complexity index is 1350. The Morgan fingerprint density at radius 1 is 1.12 bits per heavy atom. The van der Waals surface area contributed by atoms with Gasteiger partial charge < -0.3 is 0 Å². The van der Waals surface area contributed by atoms with Crippen LogP contribution in [0.4, 0.5) is 0 Å². The average molecular weight is 461 g/mol. The summed E-state index contributed by atoms with van der Waals surface area (Å²) in [6.07, 6.45) is 3.88. The van der Waals surface area contributed by atoms with Crippen LogP contribution in [0.15, 0.2) is 54.7 Å². The summed E-state index contributed by atoms with van der Waals surface area (Å²) in [5.41, 5.74) is 8.33. The van der Waals surface area contributed by atoms with E-state index in [1.807, 2.05) is 25.1 Å². The second-order valence-electron chi connectivity index (χ2n) is 8.06. The van der Waals surface area contributed by atoms with Gasteiger partial charge in [-0.15, -0.1) is 0 Å². The number of halogens is 1. The number of carbonyl (C=O) groups excluding carboxylic acids is 2. The molecule has 3 heterocycles. The van der Waals surface area contributed by atoms with Gasteiger partial charge in [0.25, 0.3) is 5.91 Å². The third-order valence-corrected chi connectivity index (χ3v) is 5.78. The molecule has 2 N–H and O–H groups in total. The average Bonchev–Trinajstić information content (AvgIpc) is 3.63. The highest BCUT2D eigenvalue weighted by molar-refractivity contribution is 6.30. The molecule has 1 saturated carbocycles. The number of pyridine rings is 2. The van der Waals surface area contributed by atoms with E-state index < -0.39 is 5.91 Å². The lowest BCUT2D eigenvalue weighted by molar-refractivity contribution is -0.121. The van der Waals surface area contributed by atoms with Crippen molar-refractivity contribution in [1.29, 1.82) is 0 Å². The number of nitrogens with one attached hydrogen (secondary N) is 2. The Morgan fingerprint density at radius 3 is 2.61 bits per heavy atom. The fourth-order valence-electron chi connectivity index (χ4n) is 3.74. The number of aryl methyl sites for hydroxylation is 1. The topological polar surface area (TPSA) is 102 Å². The Balaban J connectivity index is 1.43. The van der Waals surface area contributed by atoms with Crippen LogP contribution in [-0.4, -0.2) is 31.6 Å². The van der Waals surface area contributed by atoms with Gasteiger partial charge in [-0.1, -0.05) is 29.8 Å². The van der Waals surface area contributed by atoms with Crippen LogP contribution in [0.3, 0.4) is 0 Å². The molecule has 1 fully saturated rings. The van der Waals surface area contributed by atoms with Gasteiger partial charge in [0.15, 0.2) is 11.5 Å². The molecule has 0 radical (unpaired) electrons. The van der Waals surface area contributed by atoms with Crippen molar-refractivity contribution >= 4 is 34.4 Å². The van der Waals surface area contributed by atoms with Gasteiger partial charge in [0.2, 0.25) is 5.91 Å². The fraction of sp³-hybridized carbons (Fsp3) is 0.208. The summed E-state index contributed by atoms with van der Waals surface area (Å²) in [5, 5.41) is 5.83. The molecule has 4 aromatic rings. The summed E-state index contributed by atoms with van der Waals surface area (Å²) < 4.78 is 1.66. The number of fused-ring (bicyclic) bond motifs is 1. The zero-order valence-corrected chi connectivity index (χ0v) is 18.6. The lowest BCUT2D eigenvalue weighted by Gasteiger charge is -2.10. The molecule has 1 aliphatic rings. The van der Waals surface area contributed by atoms with Gasteiger partial charge in [-0.25, -0.2) is 9.97 Å². The third kappa shape index (κ3) is 4.42. The highest BCUT2D eigenvalue weighted by Gasteiger charge is 2.29. The third-order valence-electron chi connectivity index (χ3n) is 5.53. The monoisotopic (exact) mass is 460 g/mol. The maximum Gasteiger partial charge on any atom is 0.270 e. The SMILES string of the molecule is Cc1nn(-c2ccccn2)c2nc(C3CC3)cc(C(=O)NNC(=O)Cc3ccc(Cl)cc3)c12. The Hall–Kier alpha value is -3.78. The van der Waals surface area contributed by atoms with E-state index in [0.29, 0.717) is 39.0 Å². The van der Waals surface area contributed by atoms with E-state index in [1.54, 1.807) is 41.2 Å². The van der Waals surface area contributed by atoms with Crippen molar-refractivity contribution in [3.05, 3.63) is 82.3 Å². The van der Waals surface area contributed by atoms with E-state index in [1.165, 1.54) is 0 Å². The van der Waals surface area contributed by atoms with Crippen molar-refractivity contribution in [1.82, 2.24) is 30.6 Å². The molecule has 33 heavy (non-hydrogen) atoms. The van der Waals surface area contributed by atoms with Gasteiger partial charge in [0, 0.05) is 22.8 Å². The van der Waals surface area contributed by atoms with Crippen LogP contribution in [0.5, 0.6) is 0 Å². The first-order valence-electron chi connectivity index (χ1n) is 10.6. The first kappa shape index (κ1) is 21.1. The molecule has 0 bridgehead atoms. The normalized spacial score (nSPS) is 13.2. The predicted octanol–water partition coefficient (Wildman–Crippen LogP) is 3.66. The number of benzene rings is 1.